The molecule has 7 heteroatoms. The number of para-hydroxylation sites is 1. The summed E-state index contributed by atoms with van der Waals surface area (Å²) in [5.74, 6) is -1.17. The molecule has 2 aromatic carbocycles. The van der Waals surface area contributed by atoms with Crippen LogP contribution in [0.5, 0.6) is 0 Å². The summed E-state index contributed by atoms with van der Waals surface area (Å²) >= 11 is 3.26. The largest absolute Gasteiger partial charge is 0.478 e. The number of aromatic carboxylic acids is 1. The molecule has 0 amide bonds. The predicted octanol–water partition coefficient (Wildman–Crippen LogP) is 3.26. The maximum atomic E-state index is 12.4. The first-order valence-electron chi connectivity index (χ1n) is 5.92. The zero-order chi connectivity index (χ0) is 15.6. The lowest BCUT2D eigenvalue weighted by atomic mass is 10.1. The molecule has 0 unspecified atom stereocenters. The van der Waals surface area contributed by atoms with E-state index < -0.39 is 16.0 Å². The minimum absolute atomic E-state index is 0.0573. The smallest absolute Gasteiger partial charge is 0.335 e. The number of aryl methyl sites for hydroxylation is 1. The van der Waals surface area contributed by atoms with Crippen molar-refractivity contribution < 1.29 is 18.3 Å². The quantitative estimate of drug-likeness (QED) is 0.866. The third kappa shape index (κ3) is 3.43. The molecule has 0 radical (unpaired) electrons. The van der Waals surface area contributed by atoms with Gasteiger partial charge in [0, 0.05) is 4.47 Å². The van der Waals surface area contributed by atoms with Gasteiger partial charge in [-0.2, -0.15) is 0 Å². The number of sulfonamides is 1. The third-order valence-corrected chi connectivity index (χ3v) is 5.04. The Morgan fingerprint density at radius 1 is 1.19 bits per heavy atom. The highest BCUT2D eigenvalue weighted by Crippen LogP contribution is 2.26. The van der Waals surface area contributed by atoms with Gasteiger partial charge in [-0.15, -0.1) is 0 Å². The Labute approximate surface area is 130 Å². The van der Waals surface area contributed by atoms with Gasteiger partial charge >= 0.3 is 5.97 Å². The Hall–Kier alpha value is -1.86. The van der Waals surface area contributed by atoms with Gasteiger partial charge in [-0.05, 0) is 52.7 Å². The molecule has 0 saturated heterocycles. The number of carbonyl (C=O) groups is 1. The topological polar surface area (TPSA) is 83.5 Å². The summed E-state index contributed by atoms with van der Waals surface area (Å²) < 4.78 is 27.9. The zero-order valence-corrected chi connectivity index (χ0v) is 13.4. The van der Waals surface area contributed by atoms with E-state index in [1.165, 1.54) is 12.1 Å². The first-order valence-corrected chi connectivity index (χ1v) is 8.20. The van der Waals surface area contributed by atoms with Gasteiger partial charge in [-0.25, -0.2) is 13.2 Å². The van der Waals surface area contributed by atoms with Crippen molar-refractivity contribution >= 4 is 37.6 Å². The standard InChI is InChI=1S/C14H12BrNO4S/c1-9-6-7-10(14(17)18)8-13(9)21(19,20)16-12-5-3-2-4-11(12)15/h2-8,16H,1H3,(H,17,18). The molecule has 2 aromatic rings. The predicted molar refractivity (Wildman–Crippen MR) is 83.1 cm³/mol. The number of anilines is 1. The first kappa shape index (κ1) is 15.5. The second-order valence-corrected chi connectivity index (χ2v) is 6.88. The molecule has 110 valence electrons. The summed E-state index contributed by atoms with van der Waals surface area (Å²) in [7, 11) is -3.87. The van der Waals surface area contributed by atoms with Crippen molar-refractivity contribution in [3.05, 3.63) is 58.1 Å². The molecular weight excluding hydrogens is 358 g/mol. The van der Waals surface area contributed by atoms with Crippen molar-refractivity contribution in [2.45, 2.75) is 11.8 Å². The van der Waals surface area contributed by atoms with Crippen LogP contribution in [0.4, 0.5) is 5.69 Å². The zero-order valence-electron chi connectivity index (χ0n) is 11.0. The van der Waals surface area contributed by atoms with Crippen LogP contribution in [0.2, 0.25) is 0 Å². The Morgan fingerprint density at radius 2 is 1.86 bits per heavy atom. The number of carboxylic acids is 1. The van der Waals surface area contributed by atoms with Crippen molar-refractivity contribution in [1.82, 2.24) is 0 Å². The van der Waals surface area contributed by atoms with Crippen LogP contribution in [0.15, 0.2) is 51.8 Å². The van der Waals surface area contributed by atoms with Gasteiger partial charge in [0.2, 0.25) is 0 Å². The summed E-state index contributed by atoms with van der Waals surface area (Å²) in [6, 6.07) is 10.8. The van der Waals surface area contributed by atoms with Crippen LogP contribution < -0.4 is 4.72 Å². The van der Waals surface area contributed by atoms with Gasteiger partial charge in [-0.1, -0.05) is 18.2 Å². The number of hydrogen-bond donors (Lipinski definition) is 2. The summed E-state index contributed by atoms with van der Waals surface area (Å²) in [5, 5.41) is 8.98. The molecule has 0 aliphatic heterocycles. The fourth-order valence-corrected chi connectivity index (χ4v) is 3.63. The van der Waals surface area contributed by atoms with Crippen molar-refractivity contribution in [3.63, 3.8) is 0 Å². The summed E-state index contributed by atoms with van der Waals surface area (Å²) in [4.78, 5) is 10.9. The van der Waals surface area contributed by atoms with Gasteiger partial charge in [0.1, 0.15) is 0 Å². The average molecular weight is 370 g/mol. The molecule has 0 spiro atoms. The summed E-state index contributed by atoms with van der Waals surface area (Å²) in [6.07, 6.45) is 0. The van der Waals surface area contributed by atoms with E-state index in [1.54, 1.807) is 31.2 Å². The van der Waals surface area contributed by atoms with E-state index in [2.05, 4.69) is 20.7 Å². The van der Waals surface area contributed by atoms with Gasteiger partial charge in [0.05, 0.1) is 16.1 Å². The van der Waals surface area contributed by atoms with Crippen LogP contribution in [0, 0.1) is 6.92 Å². The highest BCUT2D eigenvalue weighted by molar-refractivity contribution is 9.10. The molecule has 0 aliphatic carbocycles. The molecule has 0 heterocycles. The second-order valence-electron chi connectivity index (χ2n) is 4.37. The third-order valence-electron chi connectivity index (χ3n) is 2.84. The second kappa shape index (κ2) is 5.87. The molecular formula is C14H12BrNO4S. The molecule has 0 fully saturated rings. The van der Waals surface area contributed by atoms with Gasteiger partial charge in [0.15, 0.2) is 0 Å². The van der Waals surface area contributed by atoms with Crippen molar-refractivity contribution in [2.24, 2.45) is 0 Å². The fourth-order valence-electron chi connectivity index (χ4n) is 1.77. The Bertz CT molecular complexity index is 802. The molecule has 0 bridgehead atoms. The van der Waals surface area contributed by atoms with Crippen molar-refractivity contribution in [1.29, 1.82) is 0 Å². The molecule has 2 rings (SSSR count). The van der Waals surface area contributed by atoms with Crippen molar-refractivity contribution in [3.8, 4) is 0 Å². The summed E-state index contributed by atoms with van der Waals surface area (Å²) in [5.41, 5.74) is 0.783. The molecule has 5 nitrogen and oxygen atoms in total. The van der Waals surface area contributed by atoms with Gasteiger partial charge in [-0.3, -0.25) is 4.72 Å². The van der Waals surface area contributed by atoms with E-state index in [-0.39, 0.29) is 10.5 Å². The van der Waals surface area contributed by atoms with Crippen LogP contribution in [0.1, 0.15) is 15.9 Å². The number of carboxylic acid groups (broad SMARTS) is 1. The molecule has 0 aliphatic rings. The lowest BCUT2D eigenvalue weighted by Crippen LogP contribution is -2.15. The number of rotatable bonds is 4. The van der Waals surface area contributed by atoms with Gasteiger partial charge in [0.25, 0.3) is 10.0 Å². The molecule has 0 saturated carbocycles. The van der Waals surface area contributed by atoms with Crippen LogP contribution in [0.25, 0.3) is 0 Å². The van der Waals surface area contributed by atoms with Crippen LogP contribution in [-0.4, -0.2) is 19.5 Å². The first-order chi connectivity index (χ1) is 9.81. The minimum atomic E-state index is -3.87. The monoisotopic (exact) mass is 369 g/mol. The van der Waals surface area contributed by atoms with Crippen LogP contribution in [-0.2, 0) is 10.0 Å². The van der Waals surface area contributed by atoms with E-state index in [1.807, 2.05) is 0 Å². The Morgan fingerprint density at radius 3 is 2.48 bits per heavy atom. The SMILES string of the molecule is Cc1ccc(C(=O)O)cc1S(=O)(=O)Nc1ccccc1Br. The van der Waals surface area contributed by atoms with E-state index >= 15 is 0 Å². The summed E-state index contributed by atoms with van der Waals surface area (Å²) in [6.45, 7) is 1.61. The van der Waals surface area contributed by atoms with Crippen molar-refractivity contribution in [2.75, 3.05) is 4.72 Å². The minimum Gasteiger partial charge on any atom is -0.478 e. The number of benzene rings is 2. The lowest BCUT2D eigenvalue weighted by molar-refractivity contribution is 0.0696. The highest BCUT2D eigenvalue weighted by Gasteiger charge is 2.19. The Balaban J connectivity index is 2.47. The molecule has 21 heavy (non-hydrogen) atoms. The maximum Gasteiger partial charge on any atom is 0.335 e. The number of halogens is 1. The number of nitrogens with one attached hydrogen (secondary N) is 1. The van der Waals surface area contributed by atoms with E-state index in [4.69, 9.17) is 5.11 Å². The highest BCUT2D eigenvalue weighted by atomic mass is 79.9. The maximum absolute atomic E-state index is 12.4. The average Bonchev–Trinajstić information content (AvgIpc) is 2.41. The normalized spacial score (nSPS) is 11.1. The van der Waals surface area contributed by atoms with E-state index in [0.29, 0.717) is 15.7 Å². The lowest BCUT2D eigenvalue weighted by Gasteiger charge is -2.12. The molecule has 2 N–H and O–H groups in total. The Kier molecular flexibility index (Phi) is 4.34. The molecule has 0 aromatic heterocycles. The van der Waals surface area contributed by atoms with E-state index in [0.717, 1.165) is 6.07 Å². The van der Waals surface area contributed by atoms with Crippen LogP contribution in [0.3, 0.4) is 0 Å². The fraction of sp³-hybridized carbons (Fsp3) is 0.0714. The number of hydrogen-bond acceptors (Lipinski definition) is 3. The molecule has 0 atom stereocenters. The van der Waals surface area contributed by atoms with Gasteiger partial charge < -0.3 is 5.11 Å². The van der Waals surface area contributed by atoms with E-state index in [9.17, 15) is 13.2 Å². The van der Waals surface area contributed by atoms with Crippen LogP contribution >= 0.6 is 15.9 Å².